The van der Waals surface area contributed by atoms with Crippen LogP contribution >= 0.6 is 15.9 Å². The highest BCUT2D eigenvalue weighted by atomic mass is 79.9. The van der Waals surface area contributed by atoms with E-state index < -0.39 is 0 Å². The van der Waals surface area contributed by atoms with E-state index in [1.54, 1.807) is 0 Å². The molecule has 1 N–H and O–H groups in total. The van der Waals surface area contributed by atoms with Gasteiger partial charge < -0.3 is 5.32 Å². The minimum absolute atomic E-state index is 0.0686. The summed E-state index contributed by atoms with van der Waals surface area (Å²) in [5.41, 5.74) is 3.40. The van der Waals surface area contributed by atoms with Crippen molar-refractivity contribution in [3.05, 3.63) is 81.5 Å². The molecule has 0 saturated heterocycles. The number of halogens is 1. The first-order valence-electron chi connectivity index (χ1n) is 10.6. The number of nitrogens with one attached hydrogen (secondary N) is 1. The number of hydrogen-bond acceptors (Lipinski definition) is 3. The average Bonchev–Trinajstić information content (AvgIpc) is 3.13. The quantitative estimate of drug-likeness (QED) is 0.419. The Morgan fingerprint density at radius 2 is 1.87 bits per heavy atom. The van der Waals surface area contributed by atoms with E-state index in [4.69, 9.17) is 0 Å². The molecule has 5 nitrogen and oxygen atoms in total. The summed E-state index contributed by atoms with van der Waals surface area (Å²) in [5.74, 6) is 0.354. The molecule has 6 heteroatoms. The lowest BCUT2D eigenvalue weighted by Gasteiger charge is -2.16. The van der Waals surface area contributed by atoms with Crippen molar-refractivity contribution < 1.29 is 4.79 Å². The molecule has 0 saturated carbocycles. The van der Waals surface area contributed by atoms with E-state index in [0.29, 0.717) is 17.8 Å². The third-order valence-corrected chi connectivity index (χ3v) is 5.84. The largest absolute Gasteiger partial charge is 0.309 e. The van der Waals surface area contributed by atoms with Crippen LogP contribution in [0.25, 0.3) is 0 Å². The van der Waals surface area contributed by atoms with E-state index in [0.717, 1.165) is 35.0 Å². The summed E-state index contributed by atoms with van der Waals surface area (Å²) in [6.07, 6.45) is 3.78. The fourth-order valence-corrected chi connectivity index (χ4v) is 3.88. The molecule has 1 atom stereocenters. The minimum atomic E-state index is -0.154. The molecule has 3 aromatic rings. The molecule has 31 heavy (non-hydrogen) atoms. The fourth-order valence-electron chi connectivity index (χ4n) is 3.62. The van der Waals surface area contributed by atoms with E-state index >= 15 is 0 Å². The van der Waals surface area contributed by atoms with Gasteiger partial charge in [0, 0.05) is 4.47 Å². The Morgan fingerprint density at radius 3 is 2.52 bits per heavy atom. The Kier molecular flexibility index (Phi) is 8.02. The Bertz CT molecular complexity index is 1050. The van der Waals surface area contributed by atoms with Crippen molar-refractivity contribution in [2.45, 2.75) is 52.0 Å². The number of rotatable bonds is 9. The number of carbonyl (C=O) groups excluding carboxylic acids is 1. The van der Waals surface area contributed by atoms with Gasteiger partial charge in [0.2, 0.25) is 5.91 Å². The van der Waals surface area contributed by atoms with Crippen LogP contribution in [0.3, 0.4) is 0 Å². The number of hydrogen-bond donors (Lipinski definition) is 1. The number of aryl methyl sites for hydroxylation is 2. The van der Waals surface area contributed by atoms with Crippen LogP contribution in [0, 0.1) is 11.3 Å². The van der Waals surface area contributed by atoms with Crippen molar-refractivity contribution in [3.8, 4) is 6.07 Å². The van der Waals surface area contributed by atoms with E-state index in [9.17, 15) is 10.1 Å². The fraction of sp³-hybridized carbons (Fsp3) is 0.320. The van der Waals surface area contributed by atoms with Gasteiger partial charge in [-0.3, -0.25) is 4.79 Å². The normalized spacial score (nSPS) is 11.7. The molecule has 0 spiro atoms. The molecule has 1 amide bonds. The van der Waals surface area contributed by atoms with Crippen LogP contribution < -0.4 is 5.32 Å². The van der Waals surface area contributed by atoms with E-state index in [-0.39, 0.29) is 18.4 Å². The summed E-state index contributed by atoms with van der Waals surface area (Å²) in [4.78, 5) is 12.7. The van der Waals surface area contributed by atoms with Crippen molar-refractivity contribution in [1.82, 2.24) is 9.78 Å². The molecule has 2 aromatic carbocycles. The number of benzene rings is 2. The maximum atomic E-state index is 12.7. The number of anilines is 1. The van der Waals surface area contributed by atoms with Gasteiger partial charge in [-0.05, 0) is 55.9 Å². The van der Waals surface area contributed by atoms with Crippen LogP contribution in [0.5, 0.6) is 0 Å². The second kappa shape index (κ2) is 10.9. The van der Waals surface area contributed by atoms with Crippen molar-refractivity contribution in [2.75, 3.05) is 5.32 Å². The molecule has 0 radical (unpaired) electrons. The predicted molar refractivity (Wildman–Crippen MR) is 127 cm³/mol. The van der Waals surface area contributed by atoms with Gasteiger partial charge in [0.25, 0.3) is 0 Å². The summed E-state index contributed by atoms with van der Waals surface area (Å²) in [7, 11) is 0. The van der Waals surface area contributed by atoms with Crippen LogP contribution in [0.4, 0.5) is 5.82 Å². The highest BCUT2D eigenvalue weighted by molar-refractivity contribution is 9.10. The van der Waals surface area contributed by atoms with E-state index in [2.05, 4.69) is 63.6 Å². The molecule has 0 aliphatic carbocycles. The average molecular weight is 479 g/mol. The summed E-state index contributed by atoms with van der Waals surface area (Å²) in [6.45, 7) is 4.06. The zero-order chi connectivity index (χ0) is 22.2. The van der Waals surface area contributed by atoms with Gasteiger partial charge in [-0.25, -0.2) is 4.68 Å². The van der Waals surface area contributed by atoms with E-state index in [1.807, 2.05) is 41.9 Å². The van der Waals surface area contributed by atoms with Crippen molar-refractivity contribution in [2.24, 2.45) is 0 Å². The van der Waals surface area contributed by atoms with Gasteiger partial charge in [-0.2, -0.15) is 10.4 Å². The Balaban J connectivity index is 1.73. The summed E-state index contributed by atoms with van der Waals surface area (Å²) < 4.78 is 2.79. The van der Waals surface area contributed by atoms with Crippen molar-refractivity contribution in [1.29, 1.82) is 5.26 Å². The maximum absolute atomic E-state index is 12.7. The first kappa shape index (κ1) is 22.8. The van der Waals surface area contributed by atoms with Crippen LogP contribution in [-0.2, 0) is 24.1 Å². The van der Waals surface area contributed by atoms with Gasteiger partial charge in [-0.15, -0.1) is 0 Å². The highest BCUT2D eigenvalue weighted by Gasteiger charge is 2.22. The number of carbonyl (C=O) groups is 1. The monoisotopic (exact) mass is 478 g/mol. The molecule has 0 fully saturated rings. The topological polar surface area (TPSA) is 70.7 Å². The summed E-state index contributed by atoms with van der Waals surface area (Å²) >= 11 is 3.41. The number of nitriles is 1. The van der Waals surface area contributed by atoms with Crippen LogP contribution in [-0.4, -0.2) is 15.7 Å². The second-order valence-electron chi connectivity index (χ2n) is 7.66. The first-order valence-corrected chi connectivity index (χ1v) is 11.4. The molecular formula is C25H27BrN4O. The Morgan fingerprint density at radius 1 is 1.16 bits per heavy atom. The summed E-state index contributed by atoms with van der Waals surface area (Å²) in [6, 6.07) is 20.4. The van der Waals surface area contributed by atoms with Crippen molar-refractivity contribution in [3.63, 3.8) is 0 Å². The molecule has 1 aromatic heterocycles. The molecular weight excluding hydrogens is 452 g/mol. The van der Waals surface area contributed by atoms with Crippen molar-refractivity contribution >= 4 is 27.7 Å². The predicted octanol–water partition coefficient (Wildman–Crippen LogP) is 5.84. The smallest absolute Gasteiger partial charge is 0.229 e. The number of aromatic nitrogens is 2. The number of amides is 1. The Hall–Kier alpha value is -2.91. The standard InChI is InChI=1S/C25H27BrN4O/c1-3-23-22(17-27)25(28-24(31)16-20-12-14-21(26)15-13-20)30(29-23)18(2)8-7-11-19-9-5-4-6-10-19/h4-6,9-10,12-15,18H,3,7-8,11,16H2,1-2H3,(H,28,31). The third kappa shape index (κ3) is 6.05. The van der Waals surface area contributed by atoms with E-state index in [1.165, 1.54) is 5.56 Å². The lowest BCUT2D eigenvalue weighted by molar-refractivity contribution is -0.115. The van der Waals surface area contributed by atoms with Gasteiger partial charge in [0.05, 0.1) is 18.2 Å². The van der Waals surface area contributed by atoms with Gasteiger partial charge in [-0.1, -0.05) is 65.3 Å². The Labute approximate surface area is 192 Å². The maximum Gasteiger partial charge on any atom is 0.229 e. The number of nitrogens with zero attached hydrogens (tertiary/aromatic N) is 3. The highest BCUT2D eigenvalue weighted by Crippen LogP contribution is 2.26. The van der Waals surface area contributed by atoms with Gasteiger partial charge >= 0.3 is 0 Å². The van der Waals surface area contributed by atoms with Crippen LogP contribution in [0.1, 0.15) is 55.1 Å². The molecule has 1 unspecified atom stereocenters. The molecule has 1 heterocycles. The lowest BCUT2D eigenvalue weighted by atomic mass is 10.1. The minimum Gasteiger partial charge on any atom is -0.309 e. The zero-order valence-electron chi connectivity index (χ0n) is 17.9. The third-order valence-electron chi connectivity index (χ3n) is 5.31. The van der Waals surface area contributed by atoms with Crippen LogP contribution in [0.15, 0.2) is 59.1 Å². The summed E-state index contributed by atoms with van der Waals surface area (Å²) in [5, 5.41) is 17.4. The molecule has 0 bridgehead atoms. The lowest BCUT2D eigenvalue weighted by Crippen LogP contribution is -2.20. The molecule has 0 aliphatic heterocycles. The second-order valence-corrected chi connectivity index (χ2v) is 8.57. The molecule has 160 valence electrons. The SMILES string of the molecule is CCc1nn(C(C)CCCc2ccccc2)c(NC(=O)Cc2ccc(Br)cc2)c1C#N. The van der Waals surface area contributed by atoms with Crippen LogP contribution in [0.2, 0.25) is 0 Å². The van der Waals surface area contributed by atoms with Gasteiger partial charge in [0.15, 0.2) is 0 Å². The molecule has 0 aliphatic rings. The van der Waals surface area contributed by atoms with Gasteiger partial charge in [0.1, 0.15) is 17.5 Å². The zero-order valence-corrected chi connectivity index (χ0v) is 19.5. The molecule has 3 rings (SSSR count). The first-order chi connectivity index (χ1) is 15.0.